The highest BCUT2D eigenvalue weighted by atomic mass is 16.5. The highest BCUT2D eigenvalue weighted by Crippen LogP contribution is 2.28. The minimum atomic E-state index is -0.111. The average Bonchev–Trinajstić information content (AvgIpc) is 3.59. The number of carbonyl (C=O) groups excluding carboxylic acids is 2. The third-order valence-corrected chi connectivity index (χ3v) is 6.28. The van der Waals surface area contributed by atoms with Crippen molar-refractivity contribution in [2.75, 3.05) is 20.2 Å². The molecule has 174 valence electrons. The van der Waals surface area contributed by atoms with Gasteiger partial charge < -0.3 is 19.5 Å². The van der Waals surface area contributed by atoms with Crippen LogP contribution in [-0.2, 0) is 22.6 Å². The number of rotatable bonds is 10. The third kappa shape index (κ3) is 5.56. The molecule has 0 atom stereocenters. The van der Waals surface area contributed by atoms with Crippen molar-refractivity contribution in [3.8, 4) is 5.75 Å². The number of fused-ring (bicyclic) bond motifs is 1. The molecule has 0 spiro atoms. The lowest BCUT2D eigenvalue weighted by Gasteiger charge is -2.29. The first-order valence-electron chi connectivity index (χ1n) is 11.7. The fourth-order valence-corrected chi connectivity index (χ4v) is 4.19. The largest absolute Gasteiger partial charge is 0.497 e. The molecule has 1 aliphatic carbocycles. The molecule has 2 amide bonds. The highest BCUT2D eigenvalue weighted by molar-refractivity contribution is 5.86. The Morgan fingerprint density at radius 2 is 1.82 bits per heavy atom. The van der Waals surface area contributed by atoms with Crippen molar-refractivity contribution >= 4 is 22.7 Å². The van der Waals surface area contributed by atoms with Crippen LogP contribution in [0.2, 0.25) is 0 Å². The molecule has 0 aliphatic heterocycles. The molecule has 1 heterocycles. The summed E-state index contributed by atoms with van der Waals surface area (Å²) < 4.78 is 5.27. The lowest BCUT2D eigenvalue weighted by molar-refractivity contribution is -0.143. The summed E-state index contributed by atoms with van der Waals surface area (Å²) in [7, 11) is 1.64. The Hall–Kier alpha value is -3.28. The van der Waals surface area contributed by atoms with Gasteiger partial charge >= 0.3 is 0 Å². The Morgan fingerprint density at radius 1 is 1.09 bits per heavy atom. The molecule has 33 heavy (non-hydrogen) atoms. The molecule has 6 heteroatoms. The summed E-state index contributed by atoms with van der Waals surface area (Å²) in [5, 5.41) is 1.18. The van der Waals surface area contributed by atoms with E-state index in [1.807, 2.05) is 61.3 Å². The fraction of sp³-hybridized carbons (Fsp3) is 0.407. The van der Waals surface area contributed by atoms with Crippen LogP contribution in [-0.4, -0.2) is 52.8 Å². The lowest BCUT2D eigenvalue weighted by atomic mass is 10.1. The van der Waals surface area contributed by atoms with Crippen LogP contribution in [0.5, 0.6) is 5.75 Å². The Balaban J connectivity index is 1.51. The molecule has 0 saturated heterocycles. The van der Waals surface area contributed by atoms with Crippen LogP contribution >= 0.6 is 0 Å². The number of aromatic nitrogens is 1. The van der Waals surface area contributed by atoms with Crippen LogP contribution in [0.3, 0.4) is 0 Å². The molecule has 4 rings (SSSR count). The van der Waals surface area contributed by atoms with Gasteiger partial charge in [0.25, 0.3) is 0 Å². The smallest absolute Gasteiger partial charge is 0.242 e. The maximum Gasteiger partial charge on any atom is 0.242 e. The normalized spacial score (nSPS) is 13.3. The standard InChI is InChI=1S/C27H33N3O3/c1-19(2)27(32)30(22-10-11-22)18-26(31)29(17-20-8-12-23(33-3)13-9-20)15-14-21-16-28-25-7-5-4-6-24(21)25/h4-9,12-13,16,19,22,28H,10-11,14-15,17-18H2,1-3H3. The quantitative estimate of drug-likeness (QED) is 0.501. The number of nitrogens with zero attached hydrogens (tertiary/aromatic N) is 2. The number of ether oxygens (including phenoxy) is 1. The molecule has 2 aromatic carbocycles. The molecule has 0 unspecified atom stereocenters. The molecular formula is C27H33N3O3. The number of methoxy groups -OCH3 is 1. The molecule has 1 aromatic heterocycles. The molecule has 1 aliphatic rings. The molecule has 1 fully saturated rings. The SMILES string of the molecule is COc1ccc(CN(CCc2c[nH]c3ccccc23)C(=O)CN(C(=O)C(C)C)C2CC2)cc1. The predicted molar refractivity (Wildman–Crippen MR) is 130 cm³/mol. The number of amides is 2. The average molecular weight is 448 g/mol. The van der Waals surface area contributed by atoms with Crippen molar-refractivity contribution in [3.63, 3.8) is 0 Å². The van der Waals surface area contributed by atoms with Crippen LogP contribution in [0.15, 0.2) is 54.7 Å². The van der Waals surface area contributed by atoms with Crippen LogP contribution < -0.4 is 4.74 Å². The summed E-state index contributed by atoms with van der Waals surface area (Å²) in [5.41, 5.74) is 3.33. The molecular weight excluding hydrogens is 414 g/mol. The Bertz CT molecular complexity index is 1100. The Labute approximate surface area is 195 Å². The number of carbonyl (C=O) groups is 2. The van der Waals surface area contributed by atoms with E-state index in [0.717, 1.165) is 36.1 Å². The van der Waals surface area contributed by atoms with Crippen LogP contribution in [0, 0.1) is 5.92 Å². The second-order valence-corrected chi connectivity index (χ2v) is 9.12. The van der Waals surface area contributed by atoms with E-state index in [0.29, 0.717) is 13.1 Å². The maximum absolute atomic E-state index is 13.5. The summed E-state index contributed by atoms with van der Waals surface area (Å²) in [4.78, 5) is 33.2. The number of benzene rings is 2. The second-order valence-electron chi connectivity index (χ2n) is 9.12. The molecule has 6 nitrogen and oxygen atoms in total. The third-order valence-electron chi connectivity index (χ3n) is 6.28. The van der Waals surface area contributed by atoms with Crippen molar-refractivity contribution in [1.82, 2.24) is 14.8 Å². The summed E-state index contributed by atoms with van der Waals surface area (Å²) in [6.45, 7) is 5.02. The minimum Gasteiger partial charge on any atom is -0.497 e. The number of nitrogens with one attached hydrogen (secondary N) is 1. The van der Waals surface area contributed by atoms with Crippen molar-refractivity contribution in [1.29, 1.82) is 0 Å². The summed E-state index contributed by atoms with van der Waals surface area (Å²) in [6, 6.07) is 16.2. The molecule has 0 bridgehead atoms. The van der Waals surface area contributed by atoms with E-state index in [2.05, 4.69) is 17.1 Å². The van der Waals surface area contributed by atoms with Gasteiger partial charge in [-0.15, -0.1) is 0 Å². The van der Waals surface area contributed by atoms with E-state index in [1.165, 1.54) is 10.9 Å². The molecule has 1 saturated carbocycles. The van der Waals surface area contributed by atoms with Gasteiger partial charge in [-0.1, -0.05) is 44.2 Å². The van der Waals surface area contributed by atoms with E-state index in [-0.39, 0.29) is 30.3 Å². The van der Waals surface area contributed by atoms with Gasteiger partial charge in [0, 0.05) is 42.1 Å². The van der Waals surface area contributed by atoms with Gasteiger partial charge in [-0.25, -0.2) is 0 Å². The van der Waals surface area contributed by atoms with Gasteiger partial charge in [-0.3, -0.25) is 9.59 Å². The van der Waals surface area contributed by atoms with Crippen LogP contribution in [0.1, 0.15) is 37.8 Å². The molecule has 0 radical (unpaired) electrons. The topological polar surface area (TPSA) is 65.6 Å². The first-order chi connectivity index (χ1) is 16.0. The zero-order chi connectivity index (χ0) is 23.4. The number of H-pyrrole nitrogens is 1. The maximum atomic E-state index is 13.5. The van der Waals surface area contributed by atoms with Crippen molar-refractivity contribution < 1.29 is 14.3 Å². The zero-order valence-corrected chi connectivity index (χ0v) is 19.7. The first kappa shape index (κ1) is 22.9. The van der Waals surface area contributed by atoms with E-state index in [1.54, 1.807) is 12.0 Å². The van der Waals surface area contributed by atoms with Crippen LogP contribution in [0.25, 0.3) is 10.9 Å². The number of hydrogen-bond acceptors (Lipinski definition) is 3. The monoisotopic (exact) mass is 447 g/mol. The molecule has 3 aromatic rings. The summed E-state index contributed by atoms with van der Waals surface area (Å²) >= 11 is 0. The van der Waals surface area contributed by atoms with Gasteiger partial charge in [0.1, 0.15) is 12.3 Å². The van der Waals surface area contributed by atoms with Gasteiger partial charge in [0.15, 0.2) is 0 Å². The Morgan fingerprint density at radius 3 is 2.48 bits per heavy atom. The first-order valence-corrected chi connectivity index (χ1v) is 11.7. The Kier molecular flexibility index (Phi) is 7.02. The zero-order valence-electron chi connectivity index (χ0n) is 19.7. The minimum absolute atomic E-state index is 0.00782. The van der Waals surface area contributed by atoms with Crippen LogP contribution in [0.4, 0.5) is 0 Å². The highest BCUT2D eigenvalue weighted by Gasteiger charge is 2.35. The van der Waals surface area contributed by atoms with Crippen molar-refractivity contribution in [3.05, 3.63) is 65.9 Å². The van der Waals surface area contributed by atoms with E-state index >= 15 is 0 Å². The van der Waals surface area contributed by atoms with Gasteiger partial charge in [0.05, 0.1) is 7.11 Å². The van der Waals surface area contributed by atoms with E-state index < -0.39 is 0 Å². The second kappa shape index (κ2) is 10.1. The summed E-state index contributed by atoms with van der Waals surface area (Å²) in [6.07, 6.45) is 4.74. The van der Waals surface area contributed by atoms with E-state index in [4.69, 9.17) is 4.74 Å². The van der Waals surface area contributed by atoms with E-state index in [9.17, 15) is 9.59 Å². The fourth-order valence-electron chi connectivity index (χ4n) is 4.19. The van der Waals surface area contributed by atoms with Gasteiger partial charge in [-0.05, 0) is 48.6 Å². The number of hydrogen-bond donors (Lipinski definition) is 1. The van der Waals surface area contributed by atoms with Crippen molar-refractivity contribution in [2.45, 2.75) is 45.7 Å². The van der Waals surface area contributed by atoms with Gasteiger partial charge in [-0.2, -0.15) is 0 Å². The van der Waals surface area contributed by atoms with Gasteiger partial charge in [0.2, 0.25) is 11.8 Å². The number of para-hydroxylation sites is 1. The lowest BCUT2D eigenvalue weighted by Crippen LogP contribution is -2.45. The molecule has 1 N–H and O–H groups in total. The summed E-state index contributed by atoms with van der Waals surface area (Å²) in [5.74, 6) is 0.732. The predicted octanol–water partition coefficient (Wildman–Crippen LogP) is 4.39. The van der Waals surface area contributed by atoms with Crippen molar-refractivity contribution in [2.24, 2.45) is 5.92 Å². The number of aromatic amines is 1.